The summed E-state index contributed by atoms with van der Waals surface area (Å²) < 4.78 is 37.5. The van der Waals surface area contributed by atoms with Gasteiger partial charge in [0.2, 0.25) is 0 Å². The largest absolute Gasteiger partial charge is 0.433 e. The van der Waals surface area contributed by atoms with E-state index in [0.717, 1.165) is 31.7 Å². The maximum atomic E-state index is 12.5. The Kier molecular flexibility index (Phi) is 4.29. The minimum Gasteiger partial charge on any atom is -0.370 e. The van der Waals surface area contributed by atoms with Gasteiger partial charge in [-0.15, -0.1) is 0 Å². The molecule has 0 aliphatic heterocycles. The number of halogens is 3. The van der Waals surface area contributed by atoms with E-state index in [9.17, 15) is 13.2 Å². The maximum Gasteiger partial charge on any atom is 0.433 e. The predicted molar refractivity (Wildman–Crippen MR) is 67.7 cm³/mol. The first-order valence-electron chi connectivity index (χ1n) is 6.49. The van der Waals surface area contributed by atoms with Crippen molar-refractivity contribution in [1.29, 1.82) is 0 Å². The molecule has 0 bridgehead atoms. The van der Waals surface area contributed by atoms with Crippen molar-refractivity contribution in [3.8, 4) is 0 Å². The highest BCUT2D eigenvalue weighted by Gasteiger charge is 2.32. The van der Waals surface area contributed by atoms with Crippen molar-refractivity contribution in [2.75, 3.05) is 11.9 Å². The number of nitrogens with one attached hydrogen (secondary N) is 1. The van der Waals surface area contributed by atoms with E-state index in [-0.39, 0.29) is 11.9 Å². The Morgan fingerprint density at radius 3 is 2.79 bits per heavy atom. The molecule has 2 rings (SSSR count). The molecule has 6 heteroatoms. The summed E-state index contributed by atoms with van der Waals surface area (Å²) in [5, 5.41) is 2.98. The number of aromatic nitrogens is 1. The number of nitrogens with two attached hydrogens (primary N) is 1. The number of nitrogens with zero attached hydrogens (tertiary/aromatic N) is 1. The highest BCUT2D eigenvalue weighted by molar-refractivity contribution is 5.35. The Hall–Kier alpha value is -1.30. The van der Waals surface area contributed by atoms with Crippen molar-refractivity contribution in [3.05, 3.63) is 23.9 Å². The normalized spacial score (nSPS) is 24.2. The van der Waals surface area contributed by atoms with Crippen molar-refractivity contribution in [2.24, 2.45) is 11.7 Å². The van der Waals surface area contributed by atoms with E-state index < -0.39 is 11.9 Å². The van der Waals surface area contributed by atoms with E-state index in [0.29, 0.717) is 12.5 Å². The fraction of sp³-hybridized carbons (Fsp3) is 0.615. The molecule has 1 heterocycles. The lowest BCUT2D eigenvalue weighted by atomic mass is 9.86. The zero-order valence-corrected chi connectivity index (χ0v) is 10.6. The zero-order chi connectivity index (χ0) is 13.9. The van der Waals surface area contributed by atoms with E-state index in [1.807, 2.05) is 0 Å². The lowest BCUT2D eigenvalue weighted by Gasteiger charge is -2.26. The van der Waals surface area contributed by atoms with Crippen LogP contribution in [0.4, 0.5) is 19.0 Å². The quantitative estimate of drug-likeness (QED) is 0.890. The summed E-state index contributed by atoms with van der Waals surface area (Å²) in [6.07, 6.45) is -0.279. The predicted octanol–water partition coefficient (Wildman–Crippen LogP) is 3.03. The van der Waals surface area contributed by atoms with Gasteiger partial charge in [-0.05, 0) is 37.3 Å². The van der Waals surface area contributed by atoms with Gasteiger partial charge in [-0.3, -0.25) is 0 Å². The van der Waals surface area contributed by atoms with Crippen molar-refractivity contribution in [3.63, 3.8) is 0 Å². The van der Waals surface area contributed by atoms with E-state index in [1.54, 1.807) is 6.07 Å². The van der Waals surface area contributed by atoms with Gasteiger partial charge in [-0.2, -0.15) is 13.2 Å². The van der Waals surface area contributed by atoms with E-state index in [4.69, 9.17) is 5.73 Å². The van der Waals surface area contributed by atoms with Crippen molar-refractivity contribution >= 4 is 5.82 Å². The molecule has 1 aliphatic rings. The molecule has 3 N–H and O–H groups in total. The van der Waals surface area contributed by atoms with Gasteiger partial charge in [-0.1, -0.05) is 12.5 Å². The van der Waals surface area contributed by atoms with E-state index >= 15 is 0 Å². The summed E-state index contributed by atoms with van der Waals surface area (Å²) in [7, 11) is 0. The average Bonchev–Trinajstić information content (AvgIpc) is 2.36. The summed E-state index contributed by atoms with van der Waals surface area (Å²) in [4.78, 5) is 3.58. The number of pyridine rings is 1. The van der Waals surface area contributed by atoms with Gasteiger partial charge in [-0.25, -0.2) is 4.98 Å². The monoisotopic (exact) mass is 273 g/mol. The molecule has 2 atom stereocenters. The number of hydrogen-bond donors (Lipinski definition) is 2. The molecule has 2 unspecified atom stereocenters. The minimum atomic E-state index is -4.40. The Morgan fingerprint density at radius 1 is 1.32 bits per heavy atom. The molecule has 0 aromatic carbocycles. The molecule has 3 nitrogen and oxygen atoms in total. The Labute approximate surface area is 110 Å². The first-order valence-corrected chi connectivity index (χ1v) is 6.49. The molecular formula is C13H18F3N3. The van der Waals surface area contributed by atoms with Crippen molar-refractivity contribution in [2.45, 2.75) is 37.9 Å². The molecule has 1 fully saturated rings. The second-order valence-electron chi connectivity index (χ2n) is 5.08. The van der Waals surface area contributed by atoms with Crippen LogP contribution in [0.5, 0.6) is 0 Å². The van der Waals surface area contributed by atoms with Crippen molar-refractivity contribution < 1.29 is 13.2 Å². The minimum absolute atomic E-state index is 0.218. The Morgan fingerprint density at radius 2 is 2.11 bits per heavy atom. The van der Waals surface area contributed by atoms with Crippen LogP contribution in [0.3, 0.4) is 0 Å². The molecule has 1 saturated carbocycles. The van der Waals surface area contributed by atoms with Gasteiger partial charge in [0, 0.05) is 12.6 Å². The van der Waals surface area contributed by atoms with Gasteiger partial charge in [0.25, 0.3) is 0 Å². The smallest absolute Gasteiger partial charge is 0.370 e. The SMILES string of the molecule is NC1CCCC(CNc2cccc(C(F)(F)F)n2)C1. The molecule has 0 radical (unpaired) electrons. The van der Waals surface area contributed by atoms with Crippen LogP contribution in [0, 0.1) is 5.92 Å². The third-order valence-corrected chi connectivity index (χ3v) is 3.43. The summed E-state index contributed by atoms with van der Waals surface area (Å²) >= 11 is 0. The molecule has 0 spiro atoms. The van der Waals surface area contributed by atoms with E-state index in [1.165, 1.54) is 6.07 Å². The zero-order valence-electron chi connectivity index (χ0n) is 10.6. The Bertz CT molecular complexity index is 420. The summed E-state index contributed by atoms with van der Waals surface area (Å²) in [6, 6.07) is 4.11. The molecule has 1 aliphatic carbocycles. The maximum absolute atomic E-state index is 12.5. The van der Waals surface area contributed by atoms with Gasteiger partial charge in [0.05, 0.1) is 0 Å². The van der Waals surface area contributed by atoms with Crippen LogP contribution in [0.2, 0.25) is 0 Å². The van der Waals surface area contributed by atoms with Gasteiger partial charge >= 0.3 is 6.18 Å². The number of anilines is 1. The van der Waals surface area contributed by atoms with Crippen molar-refractivity contribution in [1.82, 2.24) is 4.98 Å². The first-order chi connectivity index (χ1) is 8.95. The molecule has 106 valence electrons. The standard InChI is InChI=1S/C13H18F3N3/c14-13(15,16)11-5-2-6-12(19-11)18-8-9-3-1-4-10(17)7-9/h2,5-6,9-10H,1,3-4,7-8,17H2,(H,18,19). The van der Waals surface area contributed by atoms with Crippen LogP contribution in [-0.4, -0.2) is 17.6 Å². The molecule has 0 saturated heterocycles. The van der Waals surface area contributed by atoms with Crippen LogP contribution in [0.15, 0.2) is 18.2 Å². The average molecular weight is 273 g/mol. The van der Waals surface area contributed by atoms with Crippen LogP contribution in [0.1, 0.15) is 31.4 Å². The highest BCUT2D eigenvalue weighted by atomic mass is 19.4. The van der Waals surface area contributed by atoms with Gasteiger partial charge in [0.1, 0.15) is 11.5 Å². The summed E-state index contributed by atoms with van der Waals surface area (Å²) in [5.74, 6) is 0.689. The molecule has 19 heavy (non-hydrogen) atoms. The fourth-order valence-electron chi connectivity index (χ4n) is 2.46. The second kappa shape index (κ2) is 5.77. The van der Waals surface area contributed by atoms with Crippen LogP contribution in [0.25, 0.3) is 0 Å². The third kappa shape index (κ3) is 4.09. The van der Waals surface area contributed by atoms with Crippen LogP contribution in [-0.2, 0) is 6.18 Å². The van der Waals surface area contributed by atoms with E-state index in [2.05, 4.69) is 10.3 Å². The number of hydrogen-bond acceptors (Lipinski definition) is 3. The first kappa shape index (κ1) is 14.1. The summed E-state index contributed by atoms with van der Waals surface area (Å²) in [5.41, 5.74) is 5.02. The molecule has 1 aromatic heterocycles. The number of rotatable bonds is 3. The van der Waals surface area contributed by atoms with Crippen LogP contribution < -0.4 is 11.1 Å². The Balaban J connectivity index is 1.92. The third-order valence-electron chi connectivity index (χ3n) is 3.43. The molecule has 1 aromatic rings. The van der Waals surface area contributed by atoms with Crippen LogP contribution >= 0.6 is 0 Å². The lowest BCUT2D eigenvalue weighted by Crippen LogP contribution is -2.31. The molecule has 0 amide bonds. The van der Waals surface area contributed by atoms with Gasteiger partial charge < -0.3 is 11.1 Å². The number of alkyl halides is 3. The fourth-order valence-corrected chi connectivity index (χ4v) is 2.46. The summed E-state index contributed by atoms with van der Waals surface area (Å²) in [6.45, 7) is 0.627. The topological polar surface area (TPSA) is 50.9 Å². The lowest BCUT2D eigenvalue weighted by molar-refractivity contribution is -0.141. The second-order valence-corrected chi connectivity index (χ2v) is 5.08. The molecular weight excluding hydrogens is 255 g/mol. The van der Waals surface area contributed by atoms with Gasteiger partial charge in [0.15, 0.2) is 0 Å². The highest BCUT2D eigenvalue weighted by Crippen LogP contribution is 2.28.